The van der Waals surface area contributed by atoms with Crippen LogP contribution in [0.4, 0.5) is 0 Å². The van der Waals surface area contributed by atoms with Gasteiger partial charge in [-0.15, -0.1) is 0 Å². The SMILES string of the molecule is O=C1CC(=O)OCCOCCSCCSCCOCCO1. The van der Waals surface area contributed by atoms with Crippen molar-refractivity contribution in [3.8, 4) is 0 Å². The largest absolute Gasteiger partial charge is 0.463 e. The fourth-order valence-electron chi connectivity index (χ4n) is 1.41. The minimum Gasteiger partial charge on any atom is -0.463 e. The average Bonchev–Trinajstić information content (AvgIpc) is 2.46. The van der Waals surface area contributed by atoms with Crippen LogP contribution in [-0.4, -0.2) is 74.6 Å². The topological polar surface area (TPSA) is 71.1 Å². The van der Waals surface area contributed by atoms with Gasteiger partial charge in [-0.25, -0.2) is 0 Å². The molecule has 8 heteroatoms. The van der Waals surface area contributed by atoms with Crippen molar-refractivity contribution in [1.29, 1.82) is 0 Å². The van der Waals surface area contributed by atoms with Crippen molar-refractivity contribution in [1.82, 2.24) is 0 Å². The highest BCUT2D eigenvalue weighted by molar-refractivity contribution is 8.02. The highest BCUT2D eigenvalue weighted by atomic mass is 32.2. The molecule has 0 radical (unpaired) electrons. The van der Waals surface area contributed by atoms with E-state index in [1.807, 2.05) is 23.5 Å². The third-order valence-electron chi connectivity index (χ3n) is 2.39. The molecule has 0 aliphatic carbocycles. The van der Waals surface area contributed by atoms with E-state index >= 15 is 0 Å². The van der Waals surface area contributed by atoms with Crippen LogP contribution in [0.3, 0.4) is 0 Å². The van der Waals surface area contributed by atoms with Crippen molar-refractivity contribution in [2.75, 3.05) is 62.7 Å². The Labute approximate surface area is 133 Å². The molecule has 1 heterocycles. The van der Waals surface area contributed by atoms with Gasteiger partial charge in [0.05, 0.1) is 26.4 Å². The van der Waals surface area contributed by atoms with E-state index in [2.05, 4.69) is 0 Å². The molecule has 1 aliphatic heterocycles. The number of thioether (sulfide) groups is 2. The van der Waals surface area contributed by atoms with Gasteiger partial charge >= 0.3 is 11.9 Å². The highest BCUT2D eigenvalue weighted by Gasteiger charge is 2.11. The van der Waals surface area contributed by atoms with Gasteiger partial charge in [0.2, 0.25) is 0 Å². The first kappa shape index (κ1) is 18.6. The molecule has 1 saturated heterocycles. The van der Waals surface area contributed by atoms with Crippen LogP contribution in [0.5, 0.6) is 0 Å². The number of hydrogen-bond donors (Lipinski definition) is 0. The summed E-state index contributed by atoms with van der Waals surface area (Å²) in [5.74, 6) is 2.84. The predicted molar refractivity (Wildman–Crippen MR) is 82.8 cm³/mol. The third kappa shape index (κ3) is 11.9. The van der Waals surface area contributed by atoms with Gasteiger partial charge in [-0.1, -0.05) is 0 Å². The maximum Gasteiger partial charge on any atom is 0.317 e. The van der Waals surface area contributed by atoms with Crippen LogP contribution in [0.25, 0.3) is 0 Å². The number of hydrogen-bond acceptors (Lipinski definition) is 8. The first-order chi connectivity index (χ1) is 10.3. The molecule has 0 unspecified atom stereocenters. The quantitative estimate of drug-likeness (QED) is 0.478. The van der Waals surface area contributed by atoms with Crippen LogP contribution < -0.4 is 0 Å². The minimum absolute atomic E-state index is 0.162. The Morgan fingerprint density at radius 3 is 1.57 bits per heavy atom. The van der Waals surface area contributed by atoms with E-state index in [0.717, 1.165) is 23.0 Å². The molecule has 1 aliphatic rings. The van der Waals surface area contributed by atoms with Gasteiger partial charge in [0.1, 0.15) is 19.6 Å². The van der Waals surface area contributed by atoms with Crippen LogP contribution in [0.2, 0.25) is 0 Å². The average molecular weight is 338 g/mol. The van der Waals surface area contributed by atoms with Gasteiger partial charge in [-0.2, -0.15) is 23.5 Å². The summed E-state index contributed by atoms with van der Waals surface area (Å²) in [4.78, 5) is 22.6. The van der Waals surface area contributed by atoms with Crippen LogP contribution in [-0.2, 0) is 28.5 Å². The number of esters is 2. The van der Waals surface area contributed by atoms with E-state index in [-0.39, 0.29) is 19.6 Å². The summed E-state index contributed by atoms with van der Waals surface area (Å²) in [5.41, 5.74) is 0. The second-order valence-electron chi connectivity index (χ2n) is 4.07. The molecule has 0 aromatic heterocycles. The van der Waals surface area contributed by atoms with Crippen molar-refractivity contribution in [2.24, 2.45) is 0 Å². The summed E-state index contributed by atoms with van der Waals surface area (Å²) >= 11 is 3.68. The Morgan fingerprint density at radius 2 is 1.10 bits per heavy atom. The normalized spacial score (nSPS) is 22.3. The monoisotopic (exact) mass is 338 g/mol. The number of cyclic esters (lactones) is 2. The van der Waals surface area contributed by atoms with Crippen molar-refractivity contribution >= 4 is 35.5 Å². The summed E-state index contributed by atoms with van der Waals surface area (Å²) in [7, 11) is 0. The molecule has 1 rings (SSSR count). The molecule has 0 atom stereocenters. The maximum atomic E-state index is 11.3. The molecule has 0 saturated carbocycles. The van der Waals surface area contributed by atoms with Crippen molar-refractivity contribution in [2.45, 2.75) is 6.42 Å². The fraction of sp³-hybridized carbons (Fsp3) is 0.846. The molecule has 0 amide bonds. The lowest BCUT2D eigenvalue weighted by Gasteiger charge is -2.06. The Balaban J connectivity index is 2.21. The predicted octanol–water partition coefficient (Wildman–Crippen LogP) is 0.976. The summed E-state index contributed by atoms with van der Waals surface area (Å²) in [6, 6.07) is 0. The molecule has 122 valence electrons. The first-order valence-corrected chi connectivity index (χ1v) is 9.22. The number of rotatable bonds is 0. The Bertz CT molecular complexity index is 272. The van der Waals surface area contributed by atoms with Gasteiger partial charge in [-0.3, -0.25) is 9.59 Å². The minimum atomic E-state index is -0.590. The van der Waals surface area contributed by atoms with E-state index in [9.17, 15) is 9.59 Å². The fourth-order valence-corrected chi connectivity index (χ4v) is 3.23. The number of ether oxygens (including phenoxy) is 4. The van der Waals surface area contributed by atoms with E-state index in [4.69, 9.17) is 18.9 Å². The highest BCUT2D eigenvalue weighted by Crippen LogP contribution is 2.07. The molecule has 0 aromatic rings. The van der Waals surface area contributed by atoms with E-state index in [1.165, 1.54) is 0 Å². The molecule has 1 fully saturated rings. The number of carbonyl (C=O) groups excluding carboxylic acids is 2. The van der Waals surface area contributed by atoms with Gasteiger partial charge in [0.25, 0.3) is 0 Å². The first-order valence-electron chi connectivity index (χ1n) is 6.91. The van der Waals surface area contributed by atoms with Crippen molar-refractivity contribution in [3.63, 3.8) is 0 Å². The maximum absolute atomic E-state index is 11.3. The molecule has 0 aromatic carbocycles. The lowest BCUT2D eigenvalue weighted by Crippen LogP contribution is -2.18. The van der Waals surface area contributed by atoms with Gasteiger partial charge in [0.15, 0.2) is 0 Å². The van der Waals surface area contributed by atoms with Crippen molar-refractivity contribution < 1.29 is 28.5 Å². The molecule has 0 bridgehead atoms. The lowest BCUT2D eigenvalue weighted by atomic mass is 10.4. The summed E-state index contributed by atoms with van der Waals surface area (Å²) in [6.45, 7) is 2.30. The summed E-state index contributed by atoms with van der Waals surface area (Å²) < 4.78 is 20.4. The molecule has 0 spiro atoms. The lowest BCUT2D eigenvalue weighted by molar-refractivity contribution is -0.156. The van der Waals surface area contributed by atoms with Crippen LogP contribution in [0, 0.1) is 0 Å². The zero-order valence-corrected chi connectivity index (χ0v) is 13.7. The van der Waals surface area contributed by atoms with Crippen LogP contribution in [0.1, 0.15) is 6.42 Å². The van der Waals surface area contributed by atoms with Gasteiger partial charge in [0, 0.05) is 23.0 Å². The summed E-state index contributed by atoms with van der Waals surface area (Å²) in [5, 5.41) is 0. The zero-order valence-electron chi connectivity index (χ0n) is 12.0. The van der Waals surface area contributed by atoms with Crippen LogP contribution >= 0.6 is 23.5 Å². The van der Waals surface area contributed by atoms with E-state index < -0.39 is 11.9 Å². The molecule has 6 nitrogen and oxygen atoms in total. The summed E-state index contributed by atoms with van der Waals surface area (Å²) in [6.07, 6.45) is -0.369. The number of carbonyl (C=O) groups is 2. The van der Waals surface area contributed by atoms with E-state index in [1.54, 1.807) is 0 Å². The standard InChI is InChI=1S/C13H22O6S2/c14-12-11-13(15)19-4-2-17-6-8-21-10-9-20-7-5-16-1-3-18-12/h1-11H2. The van der Waals surface area contributed by atoms with Gasteiger partial charge < -0.3 is 18.9 Å². The molecular formula is C13H22O6S2. The Morgan fingerprint density at radius 1 is 0.619 bits per heavy atom. The van der Waals surface area contributed by atoms with E-state index in [0.29, 0.717) is 26.4 Å². The second-order valence-corrected chi connectivity index (χ2v) is 6.52. The van der Waals surface area contributed by atoms with Crippen LogP contribution in [0.15, 0.2) is 0 Å². The van der Waals surface area contributed by atoms with Crippen molar-refractivity contribution in [3.05, 3.63) is 0 Å². The molecule has 0 N–H and O–H groups in total. The Hall–Kier alpha value is -0.440. The smallest absolute Gasteiger partial charge is 0.317 e. The molecular weight excluding hydrogens is 316 g/mol. The zero-order chi connectivity index (χ0) is 15.2. The van der Waals surface area contributed by atoms with Gasteiger partial charge in [-0.05, 0) is 0 Å². The Kier molecular flexibility index (Phi) is 11.7. The molecule has 21 heavy (non-hydrogen) atoms. The second kappa shape index (κ2) is 13.2. The third-order valence-corrected chi connectivity index (χ3v) is 4.54.